The highest BCUT2D eigenvalue weighted by Crippen LogP contribution is 2.41. The first-order valence-electron chi connectivity index (χ1n) is 7.07. The van der Waals surface area contributed by atoms with Gasteiger partial charge in [-0.1, -0.05) is 22.1 Å². The number of halogens is 1. The molecule has 0 heterocycles. The van der Waals surface area contributed by atoms with Crippen LogP contribution in [0.1, 0.15) is 34.7 Å². The zero-order valence-corrected chi connectivity index (χ0v) is 12.8. The van der Waals surface area contributed by atoms with Crippen molar-refractivity contribution in [3.05, 3.63) is 59.7 Å². The van der Waals surface area contributed by atoms with Crippen LogP contribution in [0.2, 0.25) is 0 Å². The summed E-state index contributed by atoms with van der Waals surface area (Å²) in [6.07, 6.45) is 2.18. The fourth-order valence-corrected chi connectivity index (χ4v) is 2.70. The normalized spacial score (nSPS) is 14.3. The molecule has 0 atom stereocenters. The molecule has 0 aliphatic heterocycles. The van der Waals surface area contributed by atoms with Crippen LogP contribution < -0.4 is 9.50 Å². The third kappa shape index (κ3) is 4.07. The second-order valence-corrected chi connectivity index (χ2v) is 6.27. The Morgan fingerprint density at radius 3 is 2.35 bits per heavy atom. The molecule has 0 radical (unpaired) electrons. The lowest BCUT2D eigenvalue weighted by molar-refractivity contribution is 0.102. The molecule has 1 fully saturated rings. The van der Waals surface area contributed by atoms with Crippen molar-refractivity contribution in [1.29, 1.82) is 0 Å². The predicted molar refractivity (Wildman–Crippen MR) is 83.5 cm³/mol. The smallest absolute Gasteiger partial charge is 0.358 e. The fourth-order valence-electron chi connectivity index (χ4n) is 2.36. The Morgan fingerprint density at radius 1 is 1.09 bits per heavy atom. The van der Waals surface area contributed by atoms with Gasteiger partial charge in [-0.2, -0.15) is 8.42 Å². The third-order valence-corrected chi connectivity index (χ3v) is 3.92. The molecule has 2 aromatic rings. The lowest BCUT2D eigenvalue weighted by Gasteiger charge is -2.10. The molecular formula is C16H14FNO4S. The SMILES string of the molecule is O=C(Nc1ccc(OS(=O)(=O)F)cc1)c1ccccc1C1CC1. The first-order chi connectivity index (χ1) is 10.9. The number of amides is 1. The van der Waals surface area contributed by atoms with E-state index in [1.807, 2.05) is 18.2 Å². The molecule has 1 aliphatic carbocycles. The van der Waals surface area contributed by atoms with Gasteiger partial charge in [0.15, 0.2) is 0 Å². The van der Waals surface area contributed by atoms with E-state index in [4.69, 9.17) is 0 Å². The van der Waals surface area contributed by atoms with E-state index in [1.54, 1.807) is 6.07 Å². The Balaban J connectivity index is 1.73. The van der Waals surface area contributed by atoms with Gasteiger partial charge in [0, 0.05) is 11.3 Å². The second kappa shape index (κ2) is 6.00. The topological polar surface area (TPSA) is 72.5 Å². The van der Waals surface area contributed by atoms with E-state index >= 15 is 0 Å². The van der Waals surface area contributed by atoms with Crippen LogP contribution in [0.15, 0.2) is 48.5 Å². The molecule has 0 saturated heterocycles. The number of carbonyl (C=O) groups is 1. The minimum atomic E-state index is -5.05. The third-order valence-electron chi connectivity index (χ3n) is 3.53. The number of hydrogen-bond donors (Lipinski definition) is 1. The molecule has 1 saturated carbocycles. The van der Waals surface area contributed by atoms with Gasteiger partial charge >= 0.3 is 10.5 Å². The zero-order chi connectivity index (χ0) is 16.4. The summed E-state index contributed by atoms with van der Waals surface area (Å²) in [5.41, 5.74) is 2.12. The lowest BCUT2D eigenvalue weighted by Crippen LogP contribution is -2.14. The summed E-state index contributed by atoms with van der Waals surface area (Å²) in [4.78, 5) is 12.4. The quantitative estimate of drug-likeness (QED) is 0.850. The van der Waals surface area contributed by atoms with Gasteiger partial charge in [-0.05, 0) is 54.7 Å². The summed E-state index contributed by atoms with van der Waals surface area (Å²) in [7, 11) is -5.05. The molecule has 1 N–H and O–H groups in total. The number of hydrogen-bond acceptors (Lipinski definition) is 4. The van der Waals surface area contributed by atoms with Crippen molar-refractivity contribution in [2.24, 2.45) is 0 Å². The van der Waals surface area contributed by atoms with Crippen LogP contribution in [0, 0.1) is 0 Å². The van der Waals surface area contributed by atoms with E-state index < -0.39 is 10.5 Å². The second-order valence-electron chi connectivity index (χ2n) is 5.32. The Morgan fingerprint density at radius 2 is 1.74 bits per heavy atom. The number of nitrogens with one attached hydrogen (secondary N) is 1. The average Bonchev–Trinajstić information content (AvgIpc) is 3.32. The molecule has 0 spiro atoms. The van der Waals surface area contributed by atoms with Crippen LogP contribution in [0.3, 0.4) is 0 Å². The van der Waals surface area contributed by atoms with Crippen LogP contribution in [-0.4, -0.2) is 14.3 Å². The van der Waals surface area contributed by atoms with Crippen molar-refractivity contribution >= 4 is 22.1 Å². The lowest BCUT2D eigenvalue weighted by atomic mass is 10.0. The van der Waals surface area contributed by atoms with Gasteiger partial charge in [-0.3, -0.25) is 4.79 Å². The zero-order valence-electron chi connectivity index (χ0n) is 12.0. The van der Waals surface area contributed by atoms with Crippen LogP contribution >= 0.6 is 0 Å². The summed E-state index contributed by atoms with van der Waals surface area (Å²) in [6, 6.07) is 12.9. The van der Waals surface area contributed by atoms with Crippen molar-refractivity contribution in [1.82, 2.24) is 0 Å². The molecule has 2 aromatic carbocycles. The molecule has 0 unspecified atom stereocenters. The summed E-state index contributed by atoms with van der Waals surface area (Å²) in [5, 5.41) is 2.73. The summed E-state index contributed by atoms with van der Waals surface area (Å²) in [5.74, 6) is 0.0469. The maximum absolute atomic E-state index is 12.4. The highest BCUT2D eigenvalue weighted by Gasteiger charge is 2.27. The molecule has 0 aromatic heterocycles. The van der Waals surface area contributed by atoms with Gasteiger partial charge in [0.25, 0.3) is 5.91 Å². The first kappa shape index (κ1) is 15.5. The number of rotatable bonds is 5. The standard InChI is InChI=1S/C16H14FNO4S/c17-23(20,21)22-13-9-7-12(8-10-13)18-16(19)15-4-2-1-3-14(15)11-5-6-11/h1-4,7-11H,5-6H2,(H,18,19). The number of benzene rings is 2. The molecular weight excluding hydrogens is 321 g/mol. The van der Waals surface area contributed by atoms with Crippen LogP contribution in [-0.2, 0) is 10.5 Å². The Kier molecular flexibility index (Phi) is 4.04. The molecule has 23 heavy (non-hydrogen) atoms. The monoisotopic (exact) mass is 335 g/mol. The van der Waals surface area contributed by atoms with E-state index in [2.05, 4.69) is 9.50 Å². The van der Waals surface area contributed by atoms with Gasteiger partial charge in [-0.15, -0.1) is 0 Å². The molecule has 1 amide bonds. The molecule has 0 bridgehead atoms. The molecule has 7 heteroatoms. The van der Waals surface area contributed by atoms with Crippen molar-refractivity contribution in [3.8, 4) is 5.75 Å². The summed E-state index contributed by atoms with van der Waals surface area (Å²) in [6.45, 7) is 0. The molecule has 5 nitrogen and oxygen atoms in total. The molecule has 120 valence electrons. The minimum absolute atomic E-state index is 0.163. The van der Waals surface area contributed by atoms with Crippen LogP contribution in [0.5, 0.6) is 5.75 Å². The highest BCUT2D eigenvalue weighted by molar-refractivity contribution is 7.81. The van der Waals surface area contributed by atoms with Crippen molar-refractivity contribution in [3.63, 3.8) is 0 Å². The van der Waals surface area contributed by atoms with Gasteiger partial charge < -0.3 is 9.50 Å². The maximum Gasteiger partial charge on any atom is 0.488 e. The highest BCUT2D eigenvalue weighted by atomic mass is 32.3. The Bertz CT molecular complexity index is 829. The van der Waals surface area contributed by atoms with Gasteiger partial charge in [-0.25, -0.2) is 0 Å². The Hall–Kier alpha value is -2.41. The van der Waals surface area contributed by atoms with E-state index in [1.165, 1.54) is 24.3 Å². The Labute approximate surface area is 133 Å². The van der Waals surface area contributed by atoms with E-state index in [0.717, 1.165) is 18.4 Å². The first-order valence-corrected chi connectivity index (χ1v) is 8.38. The number of anilines is 1. The van der Waals surface area contributed by atoms with Crippen molar-refractivity contribution in [2.75, 3.05) is 5.32 Å². The van der Waals surface area contributed by atoms with Crippen LogP contribution in [0.4, 0.5) is 9.57 Å². The molecule has 3 rings (SSSR count). The summed E-state index contributed by atoms with van der Waals surface area (Å²) >= 11 is 0. The molecule has 1 aliphatic rings. The van der Waals surface area contributed by atoms with Gasteiger partial charge in [0.2, 0.25) is 0 Å². The van der Waals surface area contributed by atoms with Crippen molar-refractivity contribution < 1.29 is 21.3 Å². The van der Waals surface area contributed by atoms with E-state index in [-0.39, 0.29) is 11.7 Å². The van der Waals surface area contributed by atoms with E-state index in [0.29, 0.717) is 17.2 Å². The predicted octanol–water partition coefficient (Wildman–Crippen LogP) is 3.41. The van der Waals surface area contributed by atoms with Gasteiger partial charge in [0.05, 0.1) is 0 Å². The average molecular weight is 335 g/mol. The van der Waals surface area contributed by atoms with Gasteiger partial charge in [0.1, 0.15) is 5.75 Å². The number of carbonyl (C=O) groups excluding carboxylic acids is 1. The summed E-state index contributed by atoms with van der Waals surface area (Å²) < 4.78 is 37.3. The minimum Gasteiger partial charge on any atom is -0.358 e. The fraction of sp³-hybridized carbons (Fsp3) is 0.188. The maximum atomic E-state index is 12.4. The van der Waals surface area contributed by atoms with Crippen molar-refractivity contribution in [2.45, 2.75) is 18.8 Å². The van der Waals surface area contributed by atoms with E-state index in [9.17, 15) is 17.1 Å². The van der Waals surface area contributed by atoms with Crippen LogP contribution in [0.25, 0.3) is 0 Å². The largest absolute Gasteiger partial charge is 0.488 e.